The van der Waals surface area contributed by atoms with Gasteiger partial charge in [0.1, 0.15) is 6.54 Å². The van der Waals surface area contributed by atoms with Crippen LogP contribution in [0.1, 0.15) is 5.56 Å². The monoisotopic (exact) mass is 185 g/mol. The third kappa shape index (κ3) is 1.33. The molecule has 0 amide bonds. The molecule has 1 aromatic rings. The number of allylic oxidation sites excluding steroid dienone is 2. The smallest absolute Gasteiger partial charge is 0.105 e. The van der Waals surface area contributed by atoms with Gasteiger partial charge in [0.05, 0.1) is 5.70 Å². The van der Waals surface area contributed by atoms with Gasteiger partial charge in [-0.25, -0.2) is 0 Å². The second-order valence-corrected chi connectivity index (χ2v) is 3.05. The van der Waals surface area contributed by atoms with Crippen LogP contribution in [-0.2, 0) is 0 Å². The predicted molar refractivity (Wildman–Crippen MR) is 57.7 cm³/mol. The van der Waals surface area contributed by atoms with Crippen LogP contribution < -0.4 is 5.73 Å². The van der Waals surface area contributed by atoms with Crippen molar-refractivity contribution in [3.05, 3.63) is 48.2 Å². The molecule has 0 spiro atoms. The van der Waals surface area contributed by atoms with Gasteiger partial charge in [-0.15, -0.1) is 0 Å². The van der Waals surface area contributed by atoms with Gasteiger partial charge >= 0.3 is 0 Å². The van der Waals surface area contributed by atoms with E-state index < -0.39 is 0 Å². The molecule has 1 heterocycles. The van der Waals surface area contributed by atoms with Crippen molar-refractivity contribution in [3.8, 4) is 0 Å². The zero-order chi connectivity index (χ0) is 9.97. The molecule has 2 rings (SSSR count). The quantitative estimate of drug-likeness (QED) is 0.707. The summed E-state index contributed by atoms with van der Waals surface area (Å²) in [6.45, 7) is 4.43. The van der Waals surface area contributed by atoms with Crippen LogP contribution in [0.3, 0.4) is 0 Å². The molecular formula is C11H11N3. The Morgan fingerprint density at radius 2 is 2.14 bits per heavy atom. The fraction of sp³-hybridized carbons (Fsp3) is 0.0909. The van der Waals surface area contributed by atoms with Gasteiger partial charge in [-0.1, -0.05) is 30.9 Å². The van der Waals surface area contributed by atoms with Crippen molar-refractivity contribution >= 4 is 11.3 Å². The Hall–Kier alpha value is -1.90. The molecule has 70 valence electrons. The minimum Gasteiger partial charge on any atom is -0.398 e. The first kappa shape index (κ1) is 8.69. The molecule has 0 fully saturated rings. The van der Waals surface area contributed by atoms with Crippen molar-refractivity contribution in [1.82, 2.24) is 0 Å². The maximum absolute atomic E-state index is 5.86. The van der Waals surface area contributed by atoms with E-state index in [0.717, 1.165) is 22.5 Å². The lowest BCUT2D eigenvalue weighted by atomic mass is 10.0. The van der Waals surface area contributed by atoms with Gasteiger partial charge in [0.15, 0.2) is 0 Å². The Morgan fingerprint density at radius 1 is 1.43 bits per heavy atom. The van der Waals surface area contributed by atoms with E-state index in [2.05, 4.69) is 16.8 Å². The first-order valence-corrected chi connectivity index (χ1v) is 4.41. The van der Waals surface area contributed by atoms with Gasteiger partial charge in [0, 0.05) is 16.8 Å². The van der Waals surface area contributed by atoms with E-state index in [1.807, 2.05) is 24.3 Å². The number of hydrogen-bond acceptors (Lipinski definition) is 3. The lowest BCUT2D eigenvalue weighted by molar-refractivity contribution is 0.855. The zero-order valence-electron chi connectivity index (χ0n) is 7.77. The summed E-state index contributed by atoms with van der Waals surface area (Å²) < 4.78 is 0. The molecule has 2 N–H and O–H groups in total. The molecule has 1 aromatic carbocycles. The molecule has 0 radical (unpaired) electrons. The number of nitrogen functional groups attached to an aromatic ring is 1. The van der Waals surface area contributed by atoms with Crippen molar-refractivity contribution in [2.24, 2.45) is 10.2 Å². The third-order valence-electron chi connectivity index (χ3n) is 2.18. The van der Waals surface area contributed by atoms with Gasteiger partial charge in [-0.3, -0.25) is 0 Å². The van der Waals surface area contributed by atoms with Gasteiger partial charge in [0.25, 0.3) is 0 Å². The Bertz CT molecular complexity index is 430. The summed E-state index contributed by atoms with van der Waals surface area (Å²) in [5.41, 5.74) is 9.53. The van der Waals surface area contributed by atoms with E-state index in [1.165, 1.54) is 0 Å². The standard InChI is InChI=1S/C11H11N3/c1-2-8(11-7-13-14-11)9-5-3-4-6-10(9)12/h2-6H,1,7,12H2. The number of nitrogens with zero attached hydrogens (tertiary/aromatic N) is 2. The molecular weight excluding hydrogens is 174 g/mol. The number of rotatable bonds is 2. The molecule has 0 bridgehead atoms. The van der Waals surface area contributed by atoms with Crippen molar-refractivity contribution in [2.45, 2.75) is 0 Å². The molecule has 0 saturated carbocycles. The predicted octanol–water partition coefficient (Wildman–Crippen LogP) is 2.63. The first-order valence-electron chi connectivity index (χ1n) is 4.41. The summed E-state index contributed by atoms with van der Waals surface area (Å²) in [5, 5.41) is 7.74. The van der Waals surface area contributed by atoms with E-state index in [-0.39, 0.29) is 0 Å². The van der Waals surface area contributed by atoms with E-state index in [9.17, 15) is 0 Å². The topological polar surface area (TPSA) is 50.7 Å². The summed E-state index contributed by atoms with van der Waals surface area (Å²) in [6.07, 6.45) is 1.78. The van der Waals surface area contributed by atoms with E-state index in [1.54, 1.807) is 6.08 Å². The zero-order valence-corrected chi connectivity index (χ0v) is 7.77. The van der Waals surface area contributed by atoms with Crippen LogP contribution in [-0.4, -0.2) is 6.54 Å². The Labute approximate surface area is 82.7 Å². The molecule has 3 heteroatoms. The number of benzene rings is 1. The molecule has 0 atom stereocenters. The first-order chi connectivity index (χ1) is 6.83. The maximum Gasteiger partial charge on any atom is 0.105 e. The highest BCUT2D eigenvalue weighted by molar-refractivity contribution is 5.83. The second-order valence-electron chi connectivity index (χ2n) is 3.05. The van der Waals surface area contributed by atoms with Crippen molar-refractivity contribution in [1.29, 1.82) is 0 Å². The Morgan fingerprint density at radius 3 is 2.64 bits per heavy atom. The molecule has 14 heavy (non-hydrogen) atoms. The van der Waals surface area contributed by atoms with E-state index >= 15 is 0 Å². The number of nitrogens with two attached hydrogens (primary N) is 1. The fourth-order valence-electron chi connectivity index (χ4n) is 1.41. The van der Waals surface area contributed by atoms with Crippen LogP contribution in [0.5, 0.6) is 0 Å². The largest absolute Gasteiger partial charge is 0.398 e. The Balaban J connectivity index is 2.53. The molecule has 0 unspecified atom stereocenters. The average Bonchev–Trinajstić information content (AvgIpc) is 2.12. The molecule has 1 aliphatic heterocycles. The van der Waals surface area contributed by atoms with Crippen molar-refractivity contribution < 1.29 is 0 Å². The highest BCUT2D eigenvalue weighted by Gasteiger charge is 2.12. The van der Waals surface area contributed by atoms with Crippen LogP contribution in [0.25, 0.3) is 5.57 Å². The molecule has 0 saturated heterocycles. The highest BCUT2D eigenvalue weighted by Crippen LogP contribution is 2.28. The lowest BCUT2D eigenvalue weighted by Gasteiger charge is -2.12. The Kier molecular flexibility index (Phi) is 2.14. The summed E-state index contributed by atoms with van der Waals surface area (Å²) in [4.78, 5) is 0. The SMILES string of the molecule is C=CC(=C1CN=N1)c1ccccc1N. The normalized spacial score (nSPS) is 17.4. The molecule has 0 aliphatic carbocycles. The van der Waals surface area contributed by atoms with Crippen LogP contribution in [0.15, 0.2) is 52.8 Å². The molecule has 0 aromatic heterocycles. The van der Waals surface area contributed by atoms with E-state index in [0.29, 0.717) is 6.54 Å². The highest BCUT2D eigenvalue weighted by atomic mass is 15.2. The summed E-state index contributed by atoms with van der Waals surface area (Å²) in [6, 6.07) is 7.69. The molecule has 3 nitrogen and oxygen atoms in total. The summed E-state index contributed by atoms with van der Waals surface area (Å²) in [5.74, 6) is 0. The van der Waals surface area contributed by atoms with E-state index in [4.69, 9.17) is 5.73 Å². The average molecular weight is 185 g/mol. The van der Waals surface area contributed by atoms with Crippen LogP contribution in [0.2, 0.25) is 0 Å². The van der Waals surface area contributed by atoms with Gasteiger partial charge < -0.3 is 5.73 Å². The molecule has 1 aliphatic rings. The summed E-state index contributed by atoms with van der Waals surface area (Å²) >= 11 is 0. The lowest BCUT2D eigenvalue weighted by Crippen LogP contribution is -2.00. The van der Waals surface area contributed by atoms with Gasteiger partial charge in [-0.05, 0) is 6.07 Å². The van der Waals surface area contributed by atoms with Crippen LogP contribution in [0, 0.1) is 0 Å². The summed E-state index contributed by atoms with van der Waals surface area (Å²) in [7, 11) is 0. The minimum atomic E-state index is 0.662. The number of anilines is 1. The second kappa shape index (κ2) is 3.46. The maximum atomic E-state index is 5.86. The number of hydrogen-bond donors (Lipinski definition) is 1. The third-order valence-corrected chi connectivity index (χ3v) is 2.18. The fourth-order valence-corrected chi connectivity index (χ4v) is 1.41. The van der Waals surface area contributed by atoms with Crippen LogP contribution in [0.4, 0.5) is 5.69 Å². The number of azo groups is 1. The van der Waals surface area contributed by atoms with Gasteiger partial charge in [-0.2, -0.15) is 10.2 Å². The minimum absolute atomic E-state index is 0.662. The number of para-hydroxylation sites is 1. The van der Waals surface area contributed by atoms with Crippen molar-refractivity contribution in [2.75, 3.05) is 12.3 Å². The van der Waals surface area contributed by atoms with Crippen LogP contribution >= 0.6 is 0 Å². The van der Waals surface area contributed by atoms with Crippen molar-refractivity contribution in [3.63, 3.8) is 0 Å². The van der Waals surface area contributed by atoms with Gasteiger partial charge in [0.2, 0.25) is 0 Å².